The van der Waals surface area contributed by atoms with Crippen LogP contribution >= 0.6 is 11.8 Å². The van der Waals surface area contributed by atoms with Gasteiger partial charge in [-0.05, 0) is 19.8 Å². The summed E-state index contributed by atoms with van der Waals surface area (Å²) in [6, 6.07) is 0.267. The van der Waals surface area contributed by atoms with Gasteiger partial charge in [0.05, 0.1) is 11.9 Å². The van der Waals surface area contributed by atoms with Gasteiger partial charge in [0.25, 0.3) is 0 Å². The molecule has 1 amide bonds. The lowest BCUT2D eigenvalue weighted by Gasteiger charge is -2.15. The second kappa shape index (κ2) is 7.49. The summed E-state index contributed by atoms with van der Waals surface area (Å²) in [5.74, 6) is 0.302. The van der Waals surface area contributed by atoms with Crippen molar-refractivity contribution >= 4 is 17.7 Å². The fraction of sp³-hybridized carbons (Fsp3) is 0.750. The van der Waals surface area contributed by atoms with E-state index in [2.05, 4.69) is 15.5 Å². The largest absolute Gasteiger partial charge is 0.391 e. The van der Waals surface area contributed by atoms with Gasteiger partial charge in [-0.25, -0.2) is 0 Å². The molecule has 0 spiro atoms. The van der Waals surface area contributed by atoms with Crippen molar-refractivity contribution in [2.75, 3.05) is 12.3 Å². The minimum absolute atomic E-state index is 0.108. The highest BCUT2D eigenvalue weighted by Gasteiger charge is 2.13. The first-order valence-electron chi connectivity index (χ1n) is 6.39. The Balaban J connectivity index is 2.36. The van der Waals surface area contributed by atoms with Crippen LogP contribution in [0.2, 0.25) is 0 Å². The summed E-state index contributed by atoms with van der Waals surface area (Å²) in [7, 11) is 0. The molecule has 0 radical (unpaired) electrons. The molecule has 108 valence electrons. The second-order valence-corrected chi connectivity index (χ2v) is 5.96. The van der Waals surface area contributed by atoms with E-state index >= 15 is 0 Å². The van der Waals surface area contributed by atoms with E-state index in [9.17, 15) is 9.90 Å². The van der Waals surface area contributed by atoms with Crippen molar-refractivity contribution in [2.45, 2.75) is 45.0 Å². The molecule has 1 unspecified atom stereocenters. The Bertz CT molecular complexity index is 406. The van der Waals surface area contributed by atoms with Gasteiger partial charge in [0, 0.05) is 12.6 Å². The minimum Gasteiger partial charge on any atom is -0.391 e. The summed E-state index contributed by atoms with van der Waals surface area (Å²) in [5.41, 5.74) is 0. The van der Waals surface area contributed by atoms with Crippen molar-refractivity contribution in [1.29, 1.82) is 0 Å². The molecule has 0 saturated heterocycles. The average molecular weight is 286 g/mol. The maximum atomic E-state index is 11.6. The number of thioether (sulfide) groups is 1. The summed E-state index contributed by atoms with van der Waals surface area (Å²) in [5, 5.41) is 20.9. The van der Waals surface area contributed by atoms with Crippen molar-refractivity contribution in [2.24, 2.45) is 5.92 Å². The highest BCUT2D eigenvalue weighted by atomic mass is 32.2. The van der Waals surface area contributed by atoms with Gasteiger partial charge in [0.1, 0.15) is 6.33 Å². The Kier molecular flexibility index (Phi) is 6.30. The van der Waals surface area contributed by atoms with E-state index in [1.807, 2.05) is 32.3 Å². The highest BCUT2D eigenvalue weighted by molar-refractivity contribution is 7.99. The van der Waals surface area contributed by atoms with E-state index < -0.39 is 6.10 Å². The monoisotopic (exact) mass is 286 g/mol. The molecule has 0 fully saturated rings. The van der Waals surface area contributed by atoms with E-state index in [1.165, 1.54) is 11.8 Å². The summed E-state index contributed by atoms with van der Waals surface area (Å²) in [6.07, 6.45) is 1.15. The molecule has 0 aliphatic heterocycles. The maximum Gasteiger partial charge on any atom is 0.230 e. The van der Waals surface area contributed by atoms with Crippen LogP contribution < -0.4 is 5.32 Å². The molecule has 1 aromatic rings. The normalized spacial score (nSPS) is 13.0. The third-order valence-electron chi connectivity index (χ3n) is 2.71. The first kappa shape index (κ1) is 16.0. The first-order valence-corrected chi connectivity index (χ1v) is 7.37. The molecule has 7 heteroatoms. The Morgan fingerprint density at radius 1 is 1.47 bits per heavy atom. The quantitative estimate of drug-likeness (QED) is 0.733. The van der Waals surface area contributed by atoms with Crippen molar-refractivity contribution in [1.82, 2.24) is 20.1 Å². The number of rotatable bonds is 7. The summed E-state index contributed by atoms with van der Waals surface area (Å²) in [6.45, 7) is 8.18. The van der Waals surface area contributed by atoms with E-state index in [0.717, 1.165) is 5.16 Å². The molecule has 0 saturated carbocycles. The molecule has 1 aromatic heterocycles. The second-order valence-electron chi connectivity index (χ2n) is 5.02. The standard InChI is InChI=1S/C12H22N4O2S/c1-8(2)10(17)5-13-11(18)6-19-12-15-14-7-16(12)9(3)4/h7-10,17H,5-6H2,1-4H3,(H,13,18). The zero-order chi connectivity index (χ0) is 14.4. The number of nitrogens with one attached hydrogen (secondary N) is 1. The van der Waals surface area contributed by atoms with Crippen LogP contribution in [0, 0.1) is 5.92 Å². The summed E-state index contributed by atoms with van der Waals surface area (Å²) in [4.78, 5) is 11.6. The Morgan fingerprint density at radius 2 is 2.16 bits per heavy atom. The number of aliphatic hydroxyl groups is 1. The molecule has 0 aromatic carbocycles. The maximum absolute atomic E-state index is 11.6. The predicted octanol–water partition coefficient (Wildman–Crippen LogP) is 1.08. The van der Waals surface area contributed by atoms with Crippen LogP contribution in [0.3, 0.4) is 0 Å². The molecular weight excluding hydrogens is 264 g/mol. The predicted molar refractivity (Wildman–Crippen MR) is 75.0 cm³/mol. The van der Waals surface area contributed by atoms with Gasteiger partial charge >= 0.3 is 0 Å². The number of nitrogens with zero attached hydrogens (tertiary/aromatic N) is 3. The van der Waals surface area contributed by atoms with E-state index in [4.69, 9.17) is 0 Å². The minimum atomic E-state index is -0.506. The number of carbonyl (C=O) groups excluding carboxylic acids is 1. The Hall–Kier alpha value is -1.08. The fourth-order valence-corrected chi connectivity index (χ4v) is 2.20. The Morgan fingerprint density at radius 3 is 2.74 bits per heavy atom. The van der Waals surface area contributed by atoms with Crippen molar-refractivity contribution in [3.05, 3.63) is 6.33 Å². The molecule has 0 bridgehead atoms. The number of aromatic nitrogens is 3. The smallest absolute Gasteiger partial charge is 0.230 e. The van der Waals surface area contributed by atoms with Gasteiger partial charge in [-0.2, -0.15) is 0 Å². The molecule has 1 heterocycles. The fourth-order valence-electron chi connectivity index (χ4n) is 1.32. The number of carbonyl (C=O) groups is 1. The number of hydrogen-bond donors (Lipinski definition) is 2. The van der Waals surface area contributed by atoms with Crippen LogP contribution in [0.4, 0.5) is 0 Å². The number of hydrogen-bond acceptors (Lipinski definition) is 5. The SMILES string of the molecule is CC(C)C(O)CNC(=O)CSc1nncn1C(C)C. The molecular formula is C12H22N4O2S. The average Bonchev–Trinajstić information content (AvgIpc) is 2.81. The van der Waals surface area contributed by atoms with Crippen LogP contribution in [-0.2, 0) is 4.79 Å². The molecule has 0 aliphatic carbocycles. The van der Waals surface area contributed by atoms with Crippen LogP contribution in [-0.4, -0.2) is 44.2 Å². The van der Waals surface area contributed by atoms with Gasteiger partial charge in [-0.15, -0.1) is 10.2 Å². The van der Waals surface area contributed by atoms with E-state index in [-0.39, 0.29) is 30.2 Å². The van der Waals surface area contributed by atoms with Crippen molar-refractivity contribution in [3.63, 3.8) is 0 Å². The molecule has 6 nitrogen and oxygen atoms in total. The molecule has 0 aliphatic rings. The topological polar surface area (TPSA) is 80.0 Å². The Labute approximate surface area is 118 Å². The zero-order valence-electron chi connectivity index (χ0n) is 11.8. The van der Waals surface area contributed by atoms with Crippen LogP contribution in [0.15, 0.2) is 11.5 Å². The van der Waals surface area contributed by atoms with Gasteiger partial charge in [-0.3, -0.25) is 4.79 Å². The van der Waals surface area contributed by atoms with Crippen LogP contribution in [0.25, 0.3) is 0 Å². The van der Waals surface area contributed by atoms with E-state index in [0.29, 0.717) is 0 Å². The van der Waals surface area contributed by atoms with Crippen LogP contribution in [0.1, 0.15) is 33.7 Å². The molecule has 19 heavy (non-hydrogen) atoms. The summed E-state index contributed by atoms with van der Waals surface area (Å²) < 4.78 is 1.92. The van der Waals surface area contributed by atoms with Gasteiger partial charge in [0.15, 0.2) is 5.16 Å². The molecule has 1 rings (SSSR count). The third-order valence-corrected chi connectivity index (χ3v) is 3.66. The lowest BCUT2D eigenvalue weighted by molar-refractivity contribution is -0.119. The van der Waals surface area contributed by atoms with Gasteiger partial charge < -0.3 is 15.0 Å². The number of amides is 1. The first-order chi connectivity index (χ1) is 8.91. The summed E-state index contributed by atoms with van der Waals surface area (Å²) >= 11 is 1.35. The van der Waals surface area contributed by atoms with Crippen LogP contribution in [0.5, 0.6) is 0 Å². The van der Waals surface area contributed by atoms with Crippen molar-refractivity contribution in [3.8, 4) is 0 Å². The molecule has 1 atom stereocenters. The number of aliphatic hydroxyl groups excluding tert-OH is 1. The molecule has 2 N–H and O–H groups in total. The lowest BCUT2D eigenvalue weighted by atomic mass is 10.1. The van der Waals surface area contributed by atoms with Gasteiger partial charge in [0.2, 0.25) is 5.91 Å². The lowest BCUT2D eigenvalue weighted by Crippen LogP contribution is -2.35. The van der Waals surface area contributed by atoms with E-state index in [1.54, 1.807) is 6.33 Å². The van der Waals surface area contributed by atoms with Crippen molar-refractivity contribution < 1.29 is 9.90 Å². The highest BCUT2D eigenvalue weighted by Crippen LogP contribution is 2.18. The van der Waals surface area contributed by atoms with Gasteiger partial charge in [-0.1, -0.05) is 25.6 Å². The third kappa shape index (κ3) is 5.20. The zero-order valence-corrected chi connectivity index (χ0v) is 12.6.